The normalized spacial score (nSPS) is 10.1. The lowest BCUT2D eigenvalue weighted by atomic mass is 10.1. The van der Waals surface area contributed by atoms with E-state index in [1.165, 1.54) is 11.3 Å². The molecule has 0 bridgehead atoms. The molecule has 0 spiro atoms. The van der Waals surface area contributed by atoms with Crippen LogP contribution in [-0.4, -0.2) is 21.5 Å². The molecule has 0 amide bonds. The zero-order valence-corrected chi connectivity index (χ0v) is 11.6. The minimum atomic E-state index is -0.110. The predicted molar refractivity (Wildman–Crippen MR) is 75.9 cm³/mol. The Bertz CT molecular complexity index is 644. The number of aryl methyl sites for hydroxylation is 1. The van der Waals surface area contributed by atoms with Crippen molar-refractivity contribution in [3.63, 3.8) is 0 Å². The fraction of sp³-hybridized carbons (Fsp3) is 0.312. The van der Waals surface area contributed by atoms with Gasteiger partial charge < -0.3 is 5.11 Å². The third-order valence-electron chi connectivity index (χ3n) is 3.31. The zero-order chi connectivity index (χ0) is 13.8. The third-order valence-corrected chi connectivity index (χ3v) is 3.31. The van der Waals surface area contributed by atoms with Crippen molar-refractivity contribution in [2.24, 2.45) is 0 Å². The Hall–Kier alpha value is -2.05. The van der Waals surface area contributed by atoms with Crippen LogP contribution in [0.5, 0.6) is 0 Å². The van der Waals surface area contributed by atoms with E-state index in [0.717, 1.165) is 23.4 Å². The second-order valence-electron chi connectivity index (χ2n) is 4.61. The van der Waals surface area contributed by atoms with Crippen LogP contribution in [0.3, 0.4) is 0 Å². The first-order valence-corrected chi connectivity index (χ1v) is 6.31. The molecular weight excluding hydrogens is 236 g/mol. The van der Waals surface area contributed by atoms with E-state index in [9.17, 15) is 0 Å². The number of aliphatic hydroxyl groups is 1. The van der Waals surface area contributed by atoms with Crippen LogP contribution < -0.4 is 0 Å². The summed E-state index contributed by atoms with van der Waals surface area (Å²) in [4.78, 5) is 0. The molecule has 1 N–H and O–H groups in total. The van der Waals surface area contributed by atoms with Gasteiger partial charge in [-0.2, -0.15) is 5.10 Å². The van der Waals surface area contributed by atoms with Crippen LogP contribution in [0.2, 0.25) is 0 Å². The highest BCUT2D eigenvalue weighted by Crippen LogP contribution is 2.13. The van der Waals surface area contributed by atoms with Gasteiger partial charge in [0.2, 0.25) is 0 Å². The number of hydrogen-bond donors (Lipinski definition) is 1. The SMILES string of the molecule is Cc1nn(Cc2cccc(C#CCO)c2)c(C)c1C. The molecule has 0 aliphatic carbocycles. The number of nitrogens with zero attached hydrogens (tertiary/aromatic N) is 2. The van der Waals surface area contributed by atoms with E-state index >= 15 is 0 Å². The molecule has 0 saturated heterocycles. The Morgan fingerprint density at radius 2 is 2.05 bits per heavy atom. The summed E-state index contributed by atoms with van der Waals surface area (Å²) in [6.07, 6.45) is 0. The number of aromatic nitrogens is 2. The number of benzene rings is 1. The monoisotopic (exact) mass is 254 g/mol. The molecule has 0 aliphatic rings. The average Bonchev–Trinajstić information content (AvgIpc) is 2.64. The van der Waals surface area contributed by atoms with Crippen molar-refractivity contribution in [1.82, 2.24) is 9.78 Å². The van der Waals surface area contributed by atoms with E-state index in [-0.39, 0.29) is 6.61 Å². The van der Waals surface area contributed by atoms with E-state index in [1.807, 2.05) is 29.8 Å². The third kappa shape index (κ3) is 3.04. The van der Waals surface area contributed by atoms with Crippen molar-refractivity contribution in [1.29, 1.82) is 0 Å². The molecule has 98 valence electrons. The highest BCUT2D eigenvalue weighted by atomic mass is 16.2. The molecule has 3 nitrogen and oxygen atoms in total. The maximum Gasteiger partial charge on any atom is 0.104 e. The van der Waals surface area contributed by atoms with Crippen LogP contribution in [0.25, 0.3) is 0 Å². The molecule has 0 atom stereocenters. The van der Waals surface area contributed by atoms with Crippen LogP contribution >= 0.6 is 0 Å². The molecule has 0 fully saturated rings. The lowest BCUT2D eigenvalue weighted by Crippen LogP contribution is -2.04. The molecule has 1 heterocycles. The molecule has 0 saturated carbocycles. The Labute approximate surface area is 113 Å². The highest BCUT2D eigenvalue weighted by molar-refractivity contribution is 5.37. The summed E-state index contributed by atoms with van der Waals surface area (Å²) in [6.45, 7) is 6.85. The van der Waals surface area contributed by atoms with Crippen molar-refractivity contribution in [2.75, 3.05) is 6.61 Å². The number of hydrogen-bond acceptors (Lipinski definition) is 2. The van der Waals surface area contributed by atoms with E-state index in [2.05, 4.69) is 36.9 Å². The quantitative estimate of drug-likeness (QED) is 0.834. The predicted octanol–water partition coefficient (Wildman–Crippen LogP) is 2.20. The summed E-state index contributed by atoms with van der Waals surface area (Å²) in [6, 6.07) is 8.03. The van der Waals surface area contributed by atoms with Crippen molar-refractivity contribution in [3.8, 4) is 11.8 Å². The molecular formula is C16H18N2O. The summed E-state index contributed by atoms with van der Waals surface area (Å²) in [7, 11) is 0. The lowest BCUT2D eigenvalue weighted by Gasteiger charge is -2.05. The number of rotatable bonds is 2. The van der Waals surface area contributed by atoms with E-state index < -0.39 is 0 Å². The van der Waals surface area contributed by atoms with Crippen LogP contribution in [0.4, 0.5) is 0 Å². The Balaban J connectivity index is 2.26. The zero-order valence-electron chi connectivity index (χ0n) is 11.6. The Morgan fingerprint density at radius 1 is 1.26 bits per heavy atom. The summed E-state index contributed by atoms with van der Waals surface area (Å²) < 4.78 is 2.02. The minimum Gasteiger partial charge on any atom is -0.384 e. The van der Waals surface area contributed by atoms with Crippen molar-refractivity contribution in [3.05, 3.63) is 52.3 Å². The van der Waals surface area contributed by atoms with Gasteiger partial charge in [0.05, 0.1) is 12.2 Å². The van der Waals surface area contributed by atoms with Gasteiger partial charge in [-0.3, -0.25) is 4.68 Å². The van der Waals surface area contributed by atoms with Gasteiger partial charge in [-0.1, -0.05) is 24.0 Å². The molecule has 1 aromatic heterocycles. The fourth-order valence-corrected chi connectivity index (χ4v) is 2.00. The molecule has 3 heteroatoms. The molecule has 0 radical (unpaired) electrons. The van der Waals surface area contributed by atoms with E-state index in [1.54, 1.807) is 0 Å². The first-order chi connectivity index (χ1) is 9.11. The maximum absolute atomic E-state index is 8.71. The first-order valence-electron chi connectivity index (χ1n) is 6.31. The molecule has 2 aromatic rings. The van der Waals surface area contributed by atoms with Crippen LogP contribution in [0.1, 0.15) is 28.1 Å². The second kappa shape index (κ2) is 5.73. The van der Waals surface area contributed by atoms with Gasteiger partial charge in [-0.25, -0.2) is 0 Å². The second-order valence-corrected chi connectivity index (χ2v) is 4.61. The maximum atomic E-state index is 8.71. The molecule has 1 aromatic carbocycles. The highest BCUT2D eigenvalue weighted by Gasteiger charge is 2.07. The molecule has 2 rings (SSSR count). The minimum absolute atomic E-state index is 0.110. The average molecular weight is 254 g/mol. The van der Waals surface area contributed by atoms with Crippen molar-refractivity contribution >= 4 is 0 Å². The van der Waals surface area contributed by atoms with E-state index in [0.29, 0.717) is 0 Å². The van der Waals surface area contributed by atoms with Gasteiger partial charge in [0, 0.05) is 11.3 Å². The summed E-state index contributed by atoms with van der Waals surface area (Å²) in [5.74, 6) is 5.59. The summed E-state index contributed by atoms with van der Waals surface area (Å²) in [5, 5.41) is 13.3. The van der Waals surface area contributed by atoms with Crippen LogP contribution in [0.15, 0.2) is 24.3 Å². The van der Waals surface area contributed by atoms with Gasteiger partial charge in [0.15, 0.2) is 0 Å². The summed E-state index contributed by atoms with van der Waals surface area (Å²) >= 11 is 0. The summed E-state index contributed by atoms with van der Waals surface area (Å²) in [5.41, 5.74) is 5.61. The molecule has 19 heavy (non-hydrogen) atoms. The van der Waals surface area contributed by atoms with Crippen molar-refractivity contribution in [2.45, 2.75) is 27.3 Å². The van der Waals surface area contributed by atoms with E-state index in [4.69, 9.17) is 5.11 Å². The van der Waals surface area contributed by atoms with Gasteiger partial charge in [0.1, 0.15) is 6.61 Å². The van der Waals surface area contributed by atoms with Crippen LogP contribution in [0, 0.1) is 32.6 Å². The first kappa shape index (κ1) is 13.4. The van der Waals surface area contributed by atoms with Crippen LogP contribution in [-0.2, 0) is 6.54 Å². The largest absolute Gasteiger partial charge is 0.384 e. The lowest BCUT2D eigenvalue weighted by molar-refractivity contribution is 0.350. The fourth-order valence-electron chi connectivity index (χ4n) is 2.00. The van der Waals surface area contributed by atoms with Gasteiger partial charge in [-0.05, 0) is 44.0 Å². The van der Waals surface area contributed by atoms with Gasteiger partial charge in [-0.15, -0.1) is 0 Å². The standard InChI is InChI=1S/C16H18N2O/c1-12-13(2)17-18(14(12)3)11-16-7-4-6-15(10-16)8-5-9-19/h4,6-7,10,19H,9,11H2,1-3H3. The Morgan fingerprint density at radius 3 is 2.68 bits per heavy atom. The van der Waals surface area contributed by atoms with Gasteiger partial charge >= 0.3 is 0 Å². The van der Waals surface area contributed by atoms with Crippen molar-refractivity contribution < 1.29 is 5.11 Å². The molecule has 0 unspecified atom stereocenters. The topological polar surface area (TPSA) is 38.0 Å². The molecule has 0 aliphatic heterocycles. The smallest absolute Gasteiger partial charge is 0.104 e. The van der Waals surface area contributed by atoms with Gasteiger partial charge in [0.25, 0.3) is 0 Å². The Kier molecular flexibility index (Phi) is 4.03. The number of aliphatic hydroxyl groups excluding tert-OH is 1.